The molecule has 0 fully saturated rings. The Morgan fingerprint density at radius 2 is 1.80 bits per heavy atom. The van der Waals surface area contributed by atoms with Crippen molar-refractivity contribution in [3.8, 4) is 5.75 Å². The van der Waals surface area contributed by atoms with Crippen LogP contribution in [0.2, 0.25) is 0 Å². The molecular formula is C27H30F6N6O4S. The molecule has 1 aromatic heterocycles. The lowest BCUT2D eigenvalue weighted by Gasteiger charge is -2.42. The van der Waals surface area contributed by atoms with Gasteiger partial charge in [0.1, 0.15) is 41.2 Å². The van der Waals surface area contributed by atoms with Crippen LogP contribution in [0.1, 0.15) is 33.3 Å². The highest BCUT2D eigenvalue weighted by molar-refractivity contribution is 7.80. The van der Waals surface area contributed by atoms with Crippen LogP contribution in [0.25, 0.3) is 0 Å². The van der Waals surface area contributed by atoms with Crippen LogP contribution in [-0.4, -0.2) is 66.7 Å². The molecule has 0 saturated carbocycles. The molecule has 0 bridgehead atoms. The standard InChI is InChI=1S/C27H30F6N6O4S/c1-16(26(41,12-38-15-34-14-35-38)20-10-5-17(28)11-21(20)29)39(37-24(40)43-25(2,3)4)23(44)36-18-6-8-19(9-7-18)42-13-27(32,33)22(30)31/h5-11,14-16,22,41H,12-13H2,1-4H3,(H,36,44)(H,37,40). The minimum absolute atomic E-state index is 0.145. The fraction of sp³-hybridized carbons (Fsp3) is 0.407. The summed E-state index contributed by atoms with van der Waals surface area (Å²) in [6.07, 6.45) is -2.48. The molecule has 0 aliphatic rings. The first-order chi connectivity index (χ1) is 20.4. The van der Waals surface area contributed by atoms with E-state index in [-0.39, 0.29) is 22.1 Å². The van der Waals surface area contributed by atoms with Gasteiger partial charge < -0.3 is 19.9 Å². The summed E-state index contributed by atoms with van der Waals surface area (Å²) in [4.78, 5) is 16.7. The number of hydrazine groups is 1. The zero-order valence-electron chi connectivity index (χ0n) is 23.9. The summed E-state index contributed by atoms with van der Waals surface area (Å²) >= 11 is 5.51. The van der Waals surface area contributed by atoms with Crippen molar-refractivity contribution in [3.05, 3.63) is 72.3 Å². The molecule has 44 heavy (non-hydrogen) atoms. The van der Waals surface area contributed by atoms with Crippen LogP contribution in [0.15, 0.2) is 55.1 Å². The van der Waals surface area contributed by atoms with Gasteiger partial charge in [-0.15, -0.1) is 0 Å². The molecule has 1 amide bonds. The molecular weight excluding hydrogens is 618 g/mol. The highest BCUT2D eigenvalue weighted by Gasteiger charge is 2.44. The van der Waals surface area contributed by atoms with Crippen LogP contribution in [0.3, 0.4) is 0 Å². The fourth-order valence-electron chi connectivity index (χ4n) is 3.84. The third-order valence-electron chi connectivity index (χ3n) is 6.03. The quantitative estimate of drug-likeness (QED) is 0.154. The maximum Gasteiger partial charge on any atom is 0.426 e. The van der Waals surface area contributed by atoms with Crippen molar-refractivity contribution in [2.24, 2.45) is 0 Å². The molecule has 10 nitrogen and oxygen atoms in total. The second-order valence-corrected chi connectivity index (χ2v) is 11.0. The van der Waals surface area contributed by atoms with Crippen molar-refractivity contribution < 1.29 is 45.7 Å². The van der Waals surface area contributed by atoms with Crippen LogP contribution in [0, 0.1) is 11.6 Å². The number of nitrogens with one attached hydrogen (secondary N) is 2. The first kappa shape index (κ1) is 34.4. The number of alkyl halides is 4. The lowest BCUT2D eigenvalue weighted by molar-refractivity contribution is -0.148. The number of thiocarbonyl (C=S) groups is 1. The Kier molecular flexibility index (Phi) is 10.7. The van der Waals surface area contributed by atoms with Gasteiger partial charge in [-0.3, -0.25) is 5.01 Å². The monoisotopic (exact) mass is 648 g/mol. The summed E-state index contributed by atoms with van der Waals surface area (Å²) < 4.78 is 91.5. The smallest absolute Gasteiger partial charge is 0.426 e. The van der Waals surface area contributed by atoms with E-state index in [4.69, 9.17) is 21.7 Å². The van der Waals surface area contributed by atoms with Crippen LogP contribution >= 0.6 is 12.2 Å². The SMILES string of the molecule is CC(N(NC(=O)OC(C)(C)C)C(=S)Nc1ccc(OCC(F)(F)C(F)F)cc1)C(O)(Cn1cncn1)c1ccc(F)cc1F. The molecule has 0 aliphatic heterocycles. The van der Waals surface area contributed by atoms with E-state index in [1.807, 2.05) is 0 Å². The van der Waals surface area contributed by atoms with Gasteiger partial charge in [-0.25, -0.2) is 37.4 Å². The Bertz CT molecular complexity index is 1430. The van der Waals surface area contributed by atoms with Crippen LogP contribution in [0.4, 0.5) is 36.8 Å². The molecule has 0 aliphatic carbocycles. The number of rotatable bonds is 10. The summed E-state index contributed by atoms with van der Waals surface area (Å²) in [6.45, 7) is 4.23. The molecule has 1 heterocycles. The number of carbonyl (C=O) groups is 1. The third-order valence-corrected chi connectivity index (χ3v) is 6.33. The summed E-state index contributed by atoms with van der Waals surface area (Å²) in [5, 5.41) is 19.5. The molecule has 2 unspecified atom stereocenters. The van der Waals surface area contributed by atoms with Gasteiger partial charge in [0.05, 0.1) is 12.6 Å². The van der Waals surface area contributed by atoms with Gasteiger partial charge in [0.25, 0.3) is 0 Å². The maximum atomic E-state index is 15.1. The Labute approximate surface area is 253 Å². The minimum Gasteiger partial charge on any atom is -0.487 e. The number of aromatic nitrogens is 3. The molecule has 0 saturated heterocycles. The first-order valence-corrected chi connectivity index (χ1v) is 13.3. The van der Waals surface area contributed by atoms with E-state index in [1.165, 1.54) is 48.5 Å². The van der Waals surface area contributed by atoms with Gasteiger partial charge in [-0.2, -0.15) is 13.9 Å². The molecule has 17 heteroatoms. The second kappa shape index (κ2) is 13.7. The summed E-state index contributed by atoms with van der Waals surface area (Å²) in [5.41, 5.74) is -0.915. The number of nitrogens with zero attached hydrogens (tertiary/aromatic N) is 4. The normalized spacial score (nSPS) is 14.0. The number of amides is 1. The average Bonchev–Trinajstić information content (AvgIpc) is 3.42. The number of benzene rings is 2. The first-order valence-electron chi connectivity index (χ1n) is 12.9. The van der Waals surface area contributed by atoms with E-state index in [0.29, 0.717) is 6.07 Å². The van der Waals surface area contributed by atoms with Gasteiger partial charge in [-0.1, -0.05) is 6.07 Å². The van der Waals surface area contributed by atoms with Crippen LogP contribution in [-0.2, 0) is 16.9 Å². The Balaban J connectivity index is 1.94. The number of halogens is 6. The molecule has 3 N–H and O–H groups in total. The molecule has 3 aromatic rings. The van der Waals surface area contributed by atoms with Crippen molar-refractivity contribution in [1.29, 1.82) is 0 Å². The number of hydrogen-bond acceptors (Lipinski definition) is 7. The van der Waals surface area contributed by atoms with Crippen LogP contribution in [0.5, 0.6) is 5.75 Å². The maximum absolute atomic E-state index is 15.1. The molecule has 2 aromatic carbocycles. The largest absolute Gasteiger partial charge is 0.487 e. The lowest BCUT2D eigenvalue weighted by atomic mass is 9.86. The molecule has 3 rings (SSSR count). The van der Waals surface area contributed by atoms with E-state index in [0.717, 1.165) is 17.1 Å². The molecule has 2 atom stereocenters. The van der Waals surface area contributed by atoms with Gasteiger partial charge >= 0.3 is 18.4 Å². The number of ether oxygens (including phenoxy) is 2. The second-order valence-electron chi connectivity index (χ2n) is 10.6. The zero-order valence-corrected chi connectivity index (χ0v) is 24.7. The minimum atomic E-state index is -4.35. The zero-order chi connectivity index (χ0) is 32.9. The molecule has 240 valence electrons. The van der Waals surface area contributed by atoms with E-state index in [1.54, 1.807) is 20.8 Å². The van der Waals surface area contributed by atoms with Gasteiger partial charge in [0.15, 0.2) is 11.7 Å². The van der Waals surface area contributed by atoms with Crippen molar-refractivity contribution in [1.82, 2.24) is 25.2 Å². The lowest BCUT2D eigenvalue weighted by Crippen LogP contribution is -2.61. The van der Waals surface area contributed by atoms with E-state index in [9.17, 15) is 31.9 Å². The van der Waals surface area contributed by atoms with E-state index >= 15 is 4.39 Å². The molecule has 0 radical (unpaired) electrons. The van der Waals surface area contributed by atoms with Crippen LogP contribution < -0.4 is 15.5 Å². The Hall–Kier alpha value is -4.12. The van der Waals surface area contributed by atoms with Crippen molar-refractivity contribution >= 4 is 29.1 Å². The van der Waals surface area contributed by atoms with Gasteiger partial charge in [-0.05, 0) is 70.2 Å². The highest BCUT2D eigenvalue weighted by Crippen LogP contribution is 2.33. The Morgan fingerprint density at radius 3 is 2.34 bits per heavy atom. The topological polar surface area (TPSA) is 114 Å². The predicted molar refractivity (Wildman–Crippen MR) is 150 cm³/mol. The number of hydrogen-bond donors (Lipinski definition) is 3. The summed E-state index contributed by atoms with van der Waals surface area (Å²) in [5.74, 6) is -6.49. The summed E-state index contributed by atoms with van der Waals surface area (Å²) in [7, 11) is 0. The van der Waals surface area contributed by atoms with Crippen molar-refractivity contribution in [3.63, 3.8) is 0 Å². The third kappa shape index (κ3) is 8.95. The van der Waals surface area contributed by atoms with Gasteiger partial charge in [0, 0.05) is 17.3 Å². The average molecular weight is 649 g/mol. The number of carbonyl (C=O) groups excluding carboxylic acids is 1. The fourth-order valence-corrected chi connectivity index (χ4v) is 4.16. The summed E-state index contributed by atoms with van der Waals surface area (Å²) in [6, 6.07) is 6.29. The highest BCUT2D eigenvalue weighted by atomic mass is 32.1. The van der Waals surface area contributed by atoms with E-state index in [2.05, 4.69) is 20.8 Å². The van der Waals surface area contributed by atoms with Gasteiger partial charge in [0.2, 0.25) is 0 Å². The van der Waals surface area contributed by atoms with E-state index < -0.39 is 60.5 Å². The number of anilines is 1. The number of aliphatic hydroxyl groups is 1. The van der Waals surface area contributed by atoms with Crippen molar-refractivity contribution in [2.75, 3.05) is 11.9 Å². The van der Waals surface area contributed by atoms with Crippen molar-refractivity contribution in [2.45, 2.75) is 63.8 Å². The Morgan fingerprint density at radius 1 is 1.14 bits per heavy atom. The predicted octanol–water partition coefficient (Wildman–Crippen LogP) is 5.25. The molecule has 0 spiro atoms.